The topological polar surface area (TPSA) is 22.8 Å². The zero-order valence-electron chi connectivity index (χ0n) is 27.5. The van der Waals surface area contributed by atoms with Crippen LogP contribution in [0.1, 0.15) is 0 Å². The maximum atomic E-state index is 4.95. The first-order chi connectivity index (χ1) is 25.3. The molecule has 0 saturated carbocycles. The predicted octanol–water partition coefficient (Wildman–Crippen LogP) is 13.0. The van der Waals surface area contributed by atoms with Gasteiger partial charge >= 0.3 is 0 Å². The first kappa shape index (κ1) is 28.4. The van der Waals surface area contributed by atoms with Crippen LogP contribution >= 0.6 is 11.3 Å². The lowest BCUT2D eigenvalue weighted by molar-refractivity contribution is 1.13. The lowest BCUT2D eigenvalue weighted by Gasteiger charge is -2.12. The van der Waals surface area contributed by atoms with Crippen molar-refractivity contribution >= 4 is 75.3 Å². The van der Waals surface area contributed by atoms with Gasteiger partial charge in [-0.2, -0.15) is 0 Å². The van der Waals surface area contributed by atoms with E-state index in [0.717, 1.165) is 27.9 Å². The van der Waals surface area contributed by atoms with Crippen molar-refractivity contribution in [3.8, 4) is 33.6 Å². The first-order valence-electron chi connectivity index (χ1n) is 17.3. The SMILES string of the molecule is c1cc(-c2cccc(-n3c4ccc(-n5c6ccccc6c6ccccc65)cc4c4cccnc43)c2)cc(-c2cccc3c2sc2ccccc23)c1. The molecular weight excluding hydrogens is 639 g/mol. The summed E-state index contributed by atoms with van der Waals surface area (Å²) in [6.07, 6.45) is 1.90. The standard InChI is InChI=1S/C47H29N3S/c1-4-21-42-36(15-1)37-16-2-5-22-43(37)49(42)34-24-25-44-41(29-34)40-20-10-26-48-47(40)50(44)33-14-8-12-31(28-33)30-11-7-13-32(27-30)35-18-9-19-39-38-17-3-6-23-45(38)51-46(35)39/h1-29H. The van der Waals surface area contributed by atoms with Crippen LogP contribution in [0.25, 0.3) is 97.5 Å². The average Bonchev–Trinajstić information content (AvgIpc) is 3.86. The highest BCUT2D eigenvalue weighted by atomic mass is 32.1. The number of para-hydroxylation sites is 2. The summed E-state index contributed by atoms with van der Waals surface area (Å²) in [5.74, 6) is 0. The normalized spacial score (nSPS) is 11.9. The quantitative estimate of drug-likeness (QED) is 0.183. The predicted molar refractivity (Wildman–Crippen MR) is 217 cm³/mol. The minimum atomic E-state index is 0.953. The lowest BCUT2D eigenvalue weighted by Crippen LogP contribution is -1.97. The number of rotatable bonds is 4. The van der Waals surface area contributed by atoms with E-state index in [1.54, 1.807) is 0 Å². The van der Waals surface area contributed by atoms with Crippen LogP contribution in [0.4, 0.5) is 0 Å². The highest BCUT2D eigenvalue weighted by Crippen LogP contribution is 2.41. The Hall–Kier alpha value is -6.49. The summed E-state index contributed by atoms with van der Waals surface area (Å²) in [7, 11) is 0. The van der Waals surface area contributed by atoms with Gasteiger partial charge in [0.2, 0.25) is 0 Å². The van der Waals surface area contributed by atoms with E-state index in [4.69, 9.17) is 4.98 Å². The van der Waals surface area contributed by atoms with Crippen LogP contribution in [-0.2, 0) is 0 Å². The molecule has 0 spiro atoms. The second-order valence-electron chi connectivity index (χ2n) is 13.2. The smallest absolute Gasteiger partial charge is 0.145 e. The average molecular weight is 668 g/mol. The number of hydrogen-bond donors (Lipinski definition) is 0. The number of thiophene rings is 1. The monoisotopic (exact) mass is 667 g/mol. The van der Waals surface area contributed by atoms with E-state index in [9.17, 15) is 0 Å². The maximum Gasteiger partial charge on any atom is 0.145 e. The van der Waals surface area contributed by atoms with Gasteiger partial charge in [-0.25, -0.2) is 4.98 Å². The maximum absolute atomic E-state index is 4.95. The molecule has 0 atom stereocenters. The molecule has 0 aliphatic carbocycles. The van der Waals surface area contributed by atoms with Crippen LogP contribution in [0.5, 0.6) is 0 Å². The van der Waals surface area contributed by atoms with Gasteiger partial charge in [0, 0.05) is 59.3 Å². The number of fused-ring (bicyclic) bond motifs is 9. The van der Waals surface area contributed by atoms with Gasteiger partial charge in [0.1, 0.15) is 5.65 Å². The molecule has 3 nitrogen and oxygen atoms in total. The van der Waals surface area contributed by atoms with Gasteiger partial charge in [-0.05, 0) is 89.0 Å². The van der Waals surface area contributed by atoms with Gasteiger partial charge in [-0.3, -0.25) is 4.57 Å². The van der Waals surface area contributed by atoms with Gasteiger partial charge in [0.25, 0.3) is 0 Å². The molecule has 0 aliphatic rings. The number of aromatic nitrogens is 3. The van der Waals surface area contributed by atoms with Crippen molar-refractivity contribution < 1.29 is 0 Å². The molecule has 0 N–H and O–H groups in total. The van der Waals surface area contributed by atoms with Crippen molar-refractivity contribution in [2.24, 2.45) is 0 Å². The Labute approximate surface area is 297 Å². The molecule has 0 radical (unpaired) electrons. The van der Waals surface area contributed by atoms with Crippen LogP contribution in [0.2, 0.25) is 0 Å². The molecule has 0 saturated heterocycles. The summed E-state index contributed by atoms with van der Waals surface area (Å²) >= 11 is 1.88. The Morgan fingerprint density at radius 3 is 1.86 bits per heavy atom. The molecule has 11 rings (SSSR count). The Morgan fingerprint density at radius 2 is 1.02 bits per heavy atom. The number of nitrogens with zero attached hydrogens (tertiary/aromatic N) is 3. The Bertz CT molecular complexity index is 3100. The molecule has 0 aliphatic heterocycles. The van der Waals surface area contributed by atoms with Crippen molar-refractivity contribution in [2.45, 2.75) is 0 Å². The molecule has 51 heavy (non-hydrogen) atoms. The van der Waals surface area contributed by atoms with Crippen molar-refractivity contribution in [3.63, 3.8) is 0 Å². The summed E-state index contributed by atoms with van der Waals surface area (Å²) in [6, 6.07) is 61.7. The van der Waals surface area contributed by atoms with Crippen LogP contribution in [0.15, 0.2) is 176 Å². The Morgan fingerprint density at radius 1 is 0.392 bits per heavy atom. The minimum Gasteiger partial charge on any atom is -0.309 e. The fraction of sp³-hybridized carbons (Fsp3) is 0. The van der Waals surface area contributed by atoms with Gasteiger partial charge in [-0.15, -0.1) is 11.3 Å². The number of hydrogen-bond acceptors (Lipinski definition) is 2. The van der Waals surface area contributed by atoms with Gasteiger partial charge in [0.05, 0.1) is 16.6 Å². The molecule has 11 aromatic rings. The summed E-state index contributed by atoms with van der Waals surface area (Å²) in [6.45, 7) is 0. The van der Waals surface area contributed by atoms with Crippen molar-refractivity contribution in [1.29, 1.82) is 0 Å². The van der Waals surface area contributed by atoms with Crippen LogP contribution in [0.3, 0.4) is 0 Å². The molecule has 0 amide bonds. The molecule has 0 unspecified atom stereocenters. The minimum absolute atomic E-state index is 0.953. The van der Waals surface area contributed by atoms with Crippen LogP contribution in [0, 0.1) is 0 Å². The van der Waals surface area contributed by atoms with Crippen molar-refractivity contribution in [3.05, 3.63) is 176 Å². The highest BCUT2D eigenvalue weighted by molar-refractivity contribution is 7.26. The van der Waals surface area contributed by atoms with E-state index >= 15 is 0 Å². The lowest BCUT2D eigenvalue weighted by atomic mass is 9.97. The molecule has 7 aromatic carbocycles. The van der Waals surface area contributed by atoms with E-state index in [-0.39, 0.29) is 0 Å². The van der Waals surface area contributed by atoms with Gasteiger partial charge < -0.3 is 4.57 Å². The third-order valence-electron chi connectivity index (χ3n) is 10.4. The summed E-state index contributed by atoms with van der Waals surface area (Å²) < 4.78 is 7.36. The molecule has 0 fully saturated rings. The molecule has 4 aromatic heterocycles. The molecule has 4 heterocycles. The second kappa shape index (κ2) is 11.0. The third-order valence-corrected chi connectivity index (χ3v) is 11.6. The zero-order valence-corrected chi connectivity index (χ0v) is 28.3. The van der Waals surface area contributed by atoms with Crippen LogP contribution in [-0.4, -0.2) is 14.1 Å². The molecule has 4 heteroatoms. The largest absolute Gasteiger partial charge is 0.309 e. The fourth-order valence-corrected chi connectivity index (χ4v) is 9.34. The van der Waals surface area contributed by atoms with Gasteiger partial charge in [0.15, 0.2) is 0 Å². The number of pyridine rings is 1. The van der Waals surface area contributed by atoms with Crippen LogP contribution < -0.4 is 0 Å². The second-order valence-corrected chi connectivity index (χ2v) is 14.2. The molecule has 238 valence electrons. The third kappa shape index (κ3) is 4.27. The first-order valence-corrected chi connectivity index (χ1v) is 18.1. The van der Waals surface area contributed by atoms with E-state index in [0.29, 0.717) is 0 Å². The summed E-state index contributed by atoms with van der Waals surface area (Å²) in [4.78, 5) is 4.95. The highest BCUT2D eigenvalue weighted by Gasteiger charge is 2.17. The van der Waals surface area contributed by atoms with E-state index in [2.05, 4.69) is 173 Å². The van der Waals surface area contributed by atoms with Crippen molar-refractivity contribution in [1.82, 2.24) is 14.1 Å². The zero-order chi connectivity index (χ0) is 33.5. The van der Waals surface area contributed by atoms with E-state index in [1.807, 2.05) is 23.6 Å². The van der Waals surface area contributed by atoms with E-state index < -0.39 is 0 Å². The van der Waals surface area contributed by atoms with Gasteiger partial charge in [-0.1, -0.05) is 103 Å². The van der Waals surface area contributed by atoms with Crippen molar-refractivity contribution in [2.75, 3.05) is 0 Å². The van der Waals surface area contributed by atoms with E-state index in [1.165, 1.54) is 69.6 Å². The Balaban J connectivity index is 1.06. The Kier molecular flexibility index (Phi) is 6.12. The summed E-state index contributed by atoms with van der Waals surface area (Å²) in [5.41, 5.74) is 11.6. The molecular formula is C47H29N3S. The summed E-state index contributed by atoms with van der Waals surface area (Å²) in [5, 5.41) is 7.49. The molecule has 0 bridgehead atoms. The fourth-order valence-electron chi connectivity index (χ4n) is 8.10. The number of benzene rings is 7.